The highest BCUT2D eigenvalue weighted by atomic mass is 16.3. The predicted octanol–water partition coefficient (Wildman–Crippen LogP) is 0.320. The number of aromatic hydroxyl groups is 1. The van der Waals surface area contributed by atoms with Crippen LogP contribution in [0.4, 0.5) is 0 Å². The van der Waals surface area contributed by atoms with Gasteiger partial charge in [0.2, 0.25) is 0 Å². The van der Waals surface area contributed by atoms with Crippen molar-refractivity contribution in [1.29, 1.82) is 0 Å². The fourth-order valence-corrected chi connectivity index (χ4v) is 2.00. The van der Waals surface area contributed by atoms with Crippen molar-refractivity contribution >= 4 is 5.70 Å². The second-order valence-electron chi connectivity index (χ2n) is 4.64. The Bertz CT molecular complexity index is 521. The number of likely N-dealkylation sites (N-methyl/N-ethyl adjacent to an activating group) is 2. The second kappa shape index (κ2) is 8.06. The number of phenolic OH excluding ortho intramolecular Hbond substituents is 1. The summed E-state index contributed by atoms with van der Waals surface area (Å²) in [5, 5.41) is 12.9. The van der Waals surface area contributed by atoms with E-state index in [2.05, 4.69) is 5.32 Å². The molecular weight excluding hydrogens is 266 g/mol. The summed E-state index contributed by atoms with van der Waals surface area (Å²) in [5.41, 5.74) is 19.3. The number of hydrogen-bond donors (Lipinski definition) is 5. The molecule has 0 atom stereocenters. The molecule has 0 fully saturated rings. The molecule has 0 amide bonds. The molecule has 0 spiro atoms. The third-order valence-electron chi connectivity index (χ3n) is 3.16. The van der Waals surface area contributed by atoms with Crippen molar-refractivity contribution in [2.75, 3.05) is 26.7 Å². The highest BCUT2D eigenvalue weighted by molar-refractivity contribution is 5.69. The van der Waals surface area contributed by atoms with E-state index in [-0.39, 0.29) is 11.6 Å². The third-order valence-corrected chi connectivity index (χ3v) is 3.16. The topological polar surface area (TPSA) is 114 Å². The van der Waals surface area contributed by atoms with Crippen LogP contribution in [0.3, 0.4) is 0 Å². The van der Waals surface area contributed by atoms with Crippen LogP contribution in [-0.2, 0) is 0 Å². The van der Waals surface area contributed by atoms with Crippen LogP contribution in [-0.4, -0.2) is 36.7 Å². The average Bonchev–Trinajstić information content (AvgIpc) is 2.46. The molecule has 8 N–H and O–H groups in total. The van der Waals surface area contributed by atoms with Crippen molar-refractivity contribution < 1.29 is 5.11 Å². The first-order valence-electron chi connectivity index (χ1n) is 6.91. The number of para-hydroxylation sites is 1. The maximum Gasteiger partial charge on any atom is 0.124 e. The van der Waals surface area contributed by atoms with E-state index in [0.29, 0.717) is 17.0 Å². The van der Waals surface area contributed by atoms with E-state index < -0.39 is 0 Å². The maximum absolute atomic E-state index is 9.85. The normalized spacial score (nSPS) is 11.2. The SMILES string of the molecule is CCN(CCNC)C(/C=C(\N)c1ccccc1O)=C(N)N. The molecule has 1 aromatic carbocycles. The van der Waals surface area contributed by atoms with Crippen LogP contribution in [0.5, 0.6) is 5.75 Å². The zero-order valence-electron chi connectivity index (χ0n) is 12.6. The van der Waals surface area contributed by atoms with Crippen LogP contribution < -0.4 is 22.5 Å². The van der Waals surface area contributed by atoms with Gasteiger partial charge in [-0.25, -0.2) is 0 Å². The Balaban J connectivity index is 3.10. The fourth-order valence-electron chi connectivity index (χ4n) is 2.00. The number of benzene rings is 1. The van der Waals surface area contributed by atoms with Gasteiger partial charge in [0.05, 0.1) is 5.70 Å². The lowest BCUT2D eigenvalue weighted by Gasteiger charge is -2.25. The number of rotatable bonds is 7. The molecule has 6 heteroatoms. The summed E-state index contributed by atoms with van der Waals surface area (Å²) in [6, 6.07) is 6.88. The molecule has 0 aliphatic heterocycles. The van der Waals surface area contributed by atoms with Gasteiger partial charge in [-0.15, -0.1) is 0 Å². The number of nitrogens with one attached hydrogen (secondary N) is 1. The van der Waals surface area contributed by atoms with Crippen molar-refractivity contribution in [3.63, 3.8) is 0 Å². The highest BCUT2D eigenvalue weighted by Crippen LogP contribution is 2.22. The summed E-state index contributed by atoms with van der Waals surface area (Å²) in [4.78, 5) is 2.03. The van der Waals surface area contributed by atoms with Crippen LogP contribution in [0, 0.1) is 0 Å². The van der Waals surface area contributed by atoms with Gasteiger partial charge in [-0.1, -0.05) is 12.1 Å². The van der Waals surface area contributed by atoms with E-state index in [0.717, 1.165) is 19.6 Å². The first-order valence-corrected chi connectivity index (χ1v) is 6.91. The van der Waals surface area contributed by atoms with Gasteiger partial charge < -0.3 is 32.5 Å². The van der Waals surface area contributed by atoms with Crippen LogP contribution >= 0.6 is 0 Å². The average molecular weight is 291 g/mol. The maximum atomic E-state index is 9.85. The Morgan fingerprint density at radius 2 is 1.95 bits per heavy atom. The van der Waals surface area contributed by atoms with Gasteiger partial charge in [-0.3, -0.25) is 0 Å². The monoisotopic (exact) mass is 291 g/mol. The number of phenols is 1. The van der Waals surface area contributed by atoms with Crippen LogP contribution in [0.25, 0.3) is 5.70 Å². The second-order valence-corrected chi connectivity index (χ2v) is 4.64. The summed E-state index contributed by atoms with van der Waals surface area (Å²) in [6.07, 6.45) is 1.70. The van der Waals surface area contributed by atoms with Gasteiger partial charge >= 0.3 is 0 Å². The number of hydrogen-bond acceptors (Lipinski definition) is 6. The zero-order valence-corrected chi connectivity index (χ0v) is 12.6. The van der Waals surface area contributed by atoms with Crippen molar-refractivity contribution in [2.45, 2.75) is 6.92 Å². The highest BCUT2D eigenvalue weighted by Gasteiger charge is 2.11. The fraction of sp³-hybridized carbons (Fsp3) is 0.333. The molecule has 0 unspecified atom stereocenters. The van der Waals surface area contributed by atoms with Crippen molar-refractivity contribution in [2.24, 2.45) is 17.2 Å². The van der Waals surface area contributed by atoms with E-state index in [1.165, 1.54) is 0 Å². The van der Waals surface area contributed by atoms with E-state index in [4.69, 9.17) is 17.2 Å². The van der Waals surface area contributed by atoms with E-state index in [9.17, 15) is 5.11 Å². The molecule has 1 rings (SSSR count). The molecule has 0 saturated heterocycles. The Morgan fingerprint density at radius 3 is 2.48 bits per heavy atom. The predicted molar refractivity (Wildman–Crippen MR) is 86.8 cm³/mol. The molecule has 116 valence electrons. The smallest absolute Gasteiger partial charge is 0.124 e. The quantitative estimate of drug-likeness (QED) is 0.462. The lowest BCUT2D eigenvalue weighted by Crippen LogP contribution is -2.33. The van der Waals surface area contributed by atoms with Gasteiger partial charge in [0.1, 0.15) is 11.6 Å². The van der Waals surface area contributed by atoms with Crippen molar-refractivity contribution in [3.8, 4) is 5.75 Å². The first kappa shape index (κ1) is 16.7. The van der Waals surface area contributed by atoms with E-state index in [1.807, 2.05) is 24.9 Å². The minimum Gasteiger partial charge on any atom is -0.507 e. The van der Waals surface area contributed by atoms with Gasteiger partial charge in [0.15, 0.2) is 0 Å². The van der Waals surface area contributed by atoms with Gasteiger partial charge in [-0.05, 0) is 32.2 Å². The molecule has 0 aliphatic carbocycles. The molecule has 0 aromatic heterocycles. The third kappa shape index (κ3) is 4.61. The first-order chi connectivity index (χ1) is 10.0. The number of nitrogens with zero attached hydrogens (tertiary/aromatic N) is 1. The number of allylic oxidation sites excluding steroid dienone is 1. The van der Waals surface area contributed by atoms with Gasteiger partial charge in [-0.2, -0.15) is 0 Å². The summed E-state index contributed by atoms with van der Waals surface area (Å²) in [6.45, 7) is 4.32. The number of nitrogens with two attached hydrogens (primary N) is 3. The Labute approximate surface area is 125 Å². The van der Waals surface area contributed by atoms with Gasteiger partial charge in [0.25, 0.3) is 0 Å². The largest absolute Gasteiger partial charge is 0.507 e. The zero-order chi connectivity index (χ0) is 15.8. The van der Waals surface area contributed by atoms with Crippen molar-refractivity contribution in [3.05, 3.63) is 47.4 Å². The Kier molecular flexibility index (Phi) is 6.42. The minimum absolute atomic E-state index is 0.125. The van der Waals surface area contributed by atoms with Crippen molar-refractivity contribution in [1.82, 2.24) is 10.2 Å². The Morgan fingerprint density at radius 1 is 1.29 bits per heavy atom. The van der Waals surface area contributed by atoms with E-state index >= 15 is 0 Å². The lowest BCUT2D eigenvalue weighted by atomic mass is 10.1. The molecule has 0 saturated carbocycles. The summed E-state index contributed by atoms with van der Waals surface area (Å²) >= 11 is 0. The van der Waals surface area contributed by atoms with Crippen LogP contribution in [0.2, 0.25) is 0 Å². The minimum atomic E-state index is 0.125. The molecule has 0 bridgehead atoms. The molecule has 0 aliphatic rings. The van der Waals surface area contributed by atoms with Crippen LogP contribution in [0.1, 0.15) is 12.5 Å². The molecule has 6 nitrogen and oxygen atoms in total. The summed E-state index contributed by atoms with van der Waals surface area (Å²) in [5.74, 6) is 0.325. The molecular formula is C15H25N5O. The van der Waals surface area contributed by atoms with E-state index in [1.54, 1.807) is 24.3 Å². The standard InChI is InChI=1S/C15H25N5O/c1-3-20(9-8-19-2)13(15(17)18)10-12(16)11-6-4-5-7-14(11)21/h4-7,10,19,21H,3,8-9,16-18H2,1-2H3/b12-10-. The molecule has 0 heterocycles. The summed E-state index contributed by atoms with van der Waals surface area (Å²) < 4.78 is 0. The molecule has 1 aromatic rings. The Hall–Kier alpha value is -2.34. The molecule has 21 heavy (non-hydrogen) atoms. The van der Waals surface area contributed by atoms with Crippen LogP contribution in [0.15, 0.2) is 41.9 Å². The summed E-state index contributed by atoms with van der Waals surface area (Å²) in [7, 11) is 1.88. The van der Waals surface area contributed by atoms with Gasteiger partial charge in [0, 0.05) is 30.9 Å². The lowest BCUT2D eigenvalue weighted by molar-refractivity contribution is 0.369. The molecule has 0 radical (unpaired) electrons.